The number of aromatic amines is 1. The van der Waals surface area contributed by atoms with E-state index >= 15 is 8.78 Å². The van der Waals surface area contributed by atoms with Crippen molar-refractivity contribution in [1.29, 1.82) is 0 Å². The fourth-order valence-electron chi connectivity index (χ4n) is 3.15. The van der Waals surface area contributed by atoms with Gasteiger partial charge in [-0.15, -0.1) is 5.10 Å². The lowest BCUT2D eigenvalue weighted by atomic mass is 10.1. The molecule has 4 aromatic rings. The Kier molecular flexibility index (Phi) is 5.82. The maximum Gasteiger partial charge on any atom is 0.333 e. The van der Waals surface area contributed by atoms with Crippen LogP contribution in [0.25, 0.3) is 5.52 Å². The summed E-state index contributed by atoms with van der Waals surface area (Å²) in [6, 6.07) is 7.26. The van der Waals surface area contributed by atoms with Gasteiger partial charge < -0.3 is 15.5 Å². The standard InChI is InChI=1S/C20H20F3N7O2/c1-11-8-16(28-27-11)25-17-15-9-12(6-7-24-19(31)32)10-30(15)29-18(26-17)20(22,23)13-2-4-14(21)5-3-13/h2-5,8-10,19,24,31-32H,6-7H2,1H3,(H2,25,26,27,28,29). The zero-order valence-electron chi connectivity index (χ0n) is 16.9. The third-order valence-electron chi connectivity index (χ3n) is 4.70. The number of aromatic nitrogens is 5. The molecule has 32 heavy (non-hydrogen) atoms. The number of aliphatic hydroxyl groups is 2. The first kappa shape index (κ1) is 21.7. The molecule has 0 atom stereocenters. The number of fused-ring (bicyclic) bond motifs is 1. The Labute approximate surface area is 179 Å². The number of aryl methyl sites for hydroxylation is 1. The molecule has 0 saturated carbocycles. The van der Waals surface area contributed by atoms with Crippen LogP contribution in [-0.2, 0) is 12.3 Å². The van der Waals surface area contributed by atoms with Crippen molar-refractivity contribution in [1.82, 2.24) is 30.1 Å². The fourth-order valence-corrected chi connectivity index (χ4v) is 3.15. The molecule has 0 amide bonds. The number of nitrogens with zero attached hydrogens (tertiary/aromatic N) is 4. The van der Waals surface area contributed by atoms with Crippen molar-refractivity contribution in [2.75, 3.05) is 11.9 Å². The van der Waals surface area contributed by atoms with Crippen LogP contribution in [0.15, 0.2) is 42.6 Å². The first-order valence-electron chi connectivity index (χ1n) is 9.64. The van der Waals surface area contributed by atoms with Crippen molar-refractivity contribution in [2.24, 2.45) is 0 Å². The Bertz CT molecular complexity index is 1220. The SMILES string of the molecule is Cc1cc(Nc2nc(C(F)(F)c3ccc(F)cc3)nn3cc(CCNC(O)O)cc23)n[nH]1. The van der Waals surface area contributed by atoms with Gasteiger partial charge in [-0.1, -0.05) is 0 Å². The topological polar surface area (TPSA) is 123 Å². The summed E-state index contributed by atoms with van der Waals surface area (Å²) >= 11 is 0. The molecule has 0 aliphatic heterocycles. The third-order valence-corrected chi connectivity index (χ3v) is 4.70. The third kappa shape index (κ3) is 4.56. The minimum Gasteiger partial charge on any atom is -0.356 e. The summed E-state index contributed by atoms with van der Waals surface area (Å²) in [5.74, 6) is -4.52. The Hall–Kier alpha value is -3.48. The van der Waals surface area contributed by atoms with Gasteiger partial charge in [-0.3, -0.25) is 10.4 Å². The van der Waals surface area contributed by atoms with Crippen molar-refractivity contribution in [3.8, 4) is 0 Å². The van der Waals surface area contributed by atoms with E-state index < -0.39 is 29.5 Å². The highest BCUT2D eigenvalue weighted by Crippen LogP contribution is 2.35. The van der Waals surface area contributed by atoms with E-state index in [4.69, 9.17) is 10.2 Å². The summed E-state index contributed by atoms with van der Waals surface area (Å²) in [6.07, 6.45) is 0.271. The number of alkyl halides is 2. The van der Waals surface area contributed by atoms with Crippen LogP contribution in [-0.4, -0.2) is 48.0 Å². The van der Waals surface area contributed by atoms with Gasteiger partial charge in [0.2, 0.25) is 12.2 Å². The molecule has 0 spiro atoms. The van der Waals surface area contributed by atoms with Crippen molar-refractivity contribution in [2.45, 2.75) is 25.7 Å². The van der Waals surface area contributed by atoms with Gasteiger partial charge in [0.05, 0.1) is 0 Å². The second kappa shape index (κ2) is 8.57. The molecule has 0 aliphatic carbocycles. The van der Waals surface area contributed by atoms with E-state index in [9.17, 15) is 4.39 Å². The lowest BCUT2D eigenvalue weighted by molar-refractivity contribution is -0.0650. The number of aliphatic hydroxyl groups excluding tert-OH is 1. The van der Waals surface area contributed by atoms with Crippen LogP contribution >= 0.6 is 0 Å². The van der Waals surface area contributed by atoms with Gasteiger partial charge in [0.25, 0.3) is 0 Å². The highest BCUT2D eigenvalue weighted by Gasteiger charge is 2.39. The highest BCUT2D eigenvalue weighted by molar-refractivity contribution is 5.73. The van der Waals surface area contributed by atoms with Crippen LogP contribution in [0.4, 0.5) is 24.8 Å². The molecular formula is C20H20F3N7O2. The molecule has 0 saturated heterocycles. The van der Waals surface area contributed by atoms with Crippen LogP contribution in [0.2, 0.25) is 0 Å². The average molecular weight is 447 g/mol. The predicted molar refractivity (Wildman–Crippen MR) is 109 cm³/mol. The van der Waals surface area contributed by atoms with Crippen LogP contribution in [0.3, 0.4) is 0 Å². The van der Waals surface area contributed by atoms with Crippen LogP contribution in [0.1, 0.15) is 22.6 Å². The Balaban J connectivity index is 1.76. The molecule has 3 aromatic heterocycles. The number of anilines is 2. The highest BCUT2D eigenvalue weighted by atomic mass is 19.3. The Morgan fingerprint density at radius 2 is 1.94 bits per heavy atom. The fraction of sp³-hybridized carbons (Fsp3) is 0.250. The van der Waals surface area contributed by atoms with Crippen LogP contribution in [0.5, 0.6) is 0 Å². The van der Waals surface area contributed by atoms with Crippen molar-refractivity contribution in [3.05, 3.63) is 71.1 Å². The van der Waals surface area contributed by atoms with E-state index in [2.05, 4.69) is 30.9 Å². The first-order chi connectivity index (χ1) is 15.2. The molecule has 0 fully saturated rings. The minimum atomic E-state index is -3.59. The maximum absolute atomic E-state index is 15.2. The van der Waals surface area contributed by atoms with Crippen molar-refractivity contribution >= 4 is 17.2 Å². The number of nitrogens with one attached hydrogen (secondary N) is 3. The van der Waals surface area contributed by atoms with E-state index in [-0.39, 0.29) is 12.4 Å². The molecule has 9 nitrogen and oxygen atoms in total. The van der Waals surface area contributed by atoms with Crippen molar-refractivity contribution < 1.29 is 23.4 Å². The summed E-state index contributed by atoms with van der Waals surface area (Å²) in [4.78, 5) is 4.06. The maximum atomic E-state index is 15.2. The molecule has 0 unspecified atom stereocenters. The molecule has 168 valence electrons. The van der Waals surface area contributed by atoms with Gasteiger partial charge in [0, 0.05) is 30.1 Å². The monoisotopic (exact) mass is 447 g/mol. The summed E-state index contributed by atoms with van der Waals surface area (Å²) < 4.78 is 44.9. The number of H-pyrrole nitrogens is 1. The molecule has 3 heterocycles. The van der Waals surface area contributed by atoms with E-state index in [1.807, 2.05) is 0 Å². The number of hydrogen-bond acceptors (Lipinski definition) is 7. The average Bonchev–Trinajstić information content (AvgIpc) is 3.33. The molecular weight excluding hydrogens is 427 g/mol. The van der Waals surface area contributed by atoms with Gasteiger partial charge in [0.15, 0.2) is 11.6 Å². The second-order valence-electron chi connectivity index (χ2n) is 7.18. The molecule has 4 rings (SSSR count). The van der Waals surface area contributed by atoms with E-state index in [1.54, 1.807) is 25.3 Å². The van der Waals surface area contributed by atoms with Crippen LogP contribution in [0, 0.1) is 12.7 Å². The Morgan fingerprint density at radius 1 is 1.19 bits per heavy atom. The van der Waals surface area contributed by atoms with Gasteiger partial charge in [-0.05, 0) is 49.2 Å². The predicted octanol–water partition coefficient (Wildman–Crippen LogP) is 2.18. The summed E-state index contributed by atoms with van der Waals surface area (Å²) in [7, 11) is 0. The van der Waals surface area contributed by atoms with E-state index in [0.29, 0.717) is 23.3 Å². The lowest BCUT2D eigenvalue weighted by Crippen LogP contribution is -2.29. The first-order valence-corrected chi connectivity index (χ1v) is 9.64. The van der Waals surface area contributed by atoms with E-state index in [0.717, 1.165) is 30.0 Å². The number of halogens is 3. The molecule has 12 heteroatoms. The molecule has 0 bridgehead atoms. The van der Waals surface area contributed by atoms with E-state index in [1.165, 1.54) is 4.52 Å². The molecule has 5 N–H and O–H groups in total. The minimum absolute atomic E-state index is 0.102. The lowest BCUT2D eigenvalue weighted by Gasteiger charge is -2.16. The molecule has 1 aromatic carbocycles. The smallest absolute Gasteiger partial charge is 0.333 e. The number of benzene rings is 1. The number of hydrogen-bond donors (Lipinski definition) is 5. The van der Waals surface area contributed by atoms with Gasteiger partial charge in [-0.2, -0.15) is 13.9 Å². The van der Waals surface area contributed by atoms with Gasteiger partial charge in [-0.25, -0.2) is 13.9 Å². The largest absolute Gasteiger partial charge is 0.356 e. The normalized spacial score (nSPS) is 12.1. The molecule has 0 aliphatic rings. The zero-order chi connectivity index (χ0) is 22.9. The summed E-state index contributed by atoms with van der Waals surface area (Å²) in [5.41, 5.74) is 1.44. The summed E-state index contributed by atoms with van der Waals surface area (Å²) in [5, 5.41) is 34.0. The van der Waals surface area contributed by atoms with Gasteiger partial charge >= 0.3 is 5.92 Å². The zero-order valence-corrected chi connectivity index (χ0v) is 16.9. The molecule has 0 radical (unpaired) electrons. The Morgan fingerprint density at radius 3 is 2.59 bits per heavy atom. The quantitative estimate of drug-likeness (QED) is 0.262. The number of rotatable bonds is 8. The van der Waals surface area contributed by atoms with Gasteiger partial charge in [0.1, 0.15) is 11.3 Å². The second-order valence-corrected chi connectivity index (χ2v) is 7.18. The van der Waals surface area contributed by atoms with Crippen molar-refractivity contribution in [3.63, 3.8) is 0 Å². The van der Waals surface area contributed by atoms with Crippen LogP contribution < -0.4 is 10.6 Å². The summed E-state index contributed by atoms with van der Waals surface area (Å²) in [6.45, 7) is 2.03.